The Morgan fingerprint density at radius 2 is 2.12 bits per heavy atom. The number of carbonyl (C=O) groups excluding carboxylic acids is 1. The van der Waals surface area contributed by atoms with Gasteiger partial charge in [-0.3, -0.25) is 4.79 Å². The molecule has 0 unspecified atom stereocenters. The highest BCUT2D eigenvalue weighted by molar-refractivity contribution is 6.12. The van der Waals surface area contributed by atoms with Crippen LogP contribution < -0.4 is 10.1 Å². The quantitative estimate of drug-likeness (QED) is 0.585. The summed E-state index contributed by atoms with van der Waals surface area (Å²) in [5, 5.41) is 7.24. The van der Waals surface area contributed by atoms with E-state index in [9.17, 15) is 13.6 Å². The lowest BCUT2D eigenvalue weighted by Crippen LogP contribution is -2.11. The third kappa shape index (κ3) is 2.65. The summed E-state index contributed by atoms with van der Waals surface area (Å²) in [6.07, 6.45) is 4.61. The number of halogens is 2. The Bertz CT molecular complexity index is 1130. The number of hydrogen-bond donors (Lipinski definition) is 2. The van der Waals surface area contributed by atoms with Crippen LogP contribution in [0.4, 0.5) is 14.5 Å². The molecule has 3 aromatic heterocycles. The van der Waals surface area contributed by atoms with Crippen LogP contribution in [-0.4, -0.2) is 27.1 Å². The van der Waals surface area contributed by atoms with Crippen molar-refractivity contribution in [2.75, 3.05) is 11.9 Å². The van der Waals surface area contributed by atoms with Crippen molar-refractivity contribution in [3.63, 3.8) is 0 Å². The number of aromatic amines is 1. The number of anilines is 1. The van der Waals surface area contributed by atoms with E-state index in [1.54, 1.807) is 22.8 Å². The maximum absolute atomic E-state index is 13.5. The summed E-state index contributed by atoms with van der Waals surface area (Å²) in [5.74, 6) is -1.70. The van der Waals surface area contributed by atoms with E-state index in [2.05, 4.69) is 15.4 Å². The summed E-state index contributed by atoms with van der Waals surface area (Å²) in [6, 6.07) is 5.57. The van der Waals surface area contributed by atoms with E-state index in [4.69, 9.17) is 4.74 Å². The highest BCUT2D eigenvalue weighted by Gasteiger charge is 2.16. The fourth-order valence-corrected chi connectivity index (χ4v) is 2.80. The number of aromatic nitrogens is 3. The zero-order valence-corrected chi connectivity index (χ0v) is 13.7. The number of hydrogen-bond acceptors (Lipinski definition) is 3. The van der Waals surface area contributed by atoms with Crippen LogP contribution in [0.2, 0.25) is 0 Å². The second-order valence-corrected chi connectivity index (χ2v) is 5.65. The number of H-pyrrole nitrogens is 1. The van der Waals surface area contributed by atoms with Gasteiger partial charge < -0.3 is 15.0 Å². The Balaban J connectivity index is 1.66. The average molecular weight is 356 g/mol. The first kappa shape index (κ1) is 16.1. The van der Waals surface area contributed by atoms with Crippen LogP contribution in [0.15, 0.2) is 42.9 Å². The Kier molecular flexibility index (Phi) is 3.80. The van der Waals surface area contributed by atoms with E-state index in [-0.39, 0.29) is 0 Å². The average Bonchev–Trinajstić information content (AvgIpc) is 3.20. The van der Waals surface area contributed by atoms with Gasteiger partial charge in [0.2, 0.25) is 0 Å². The minimum atomic E-state index is -0.980. The Hall–Kier alpha value is -3.42. The van der Waals surface area contributed by atoms with Crippen molar-refractivity contribution in [2.24, 2.45) is 0 Å². The van der Waals surface area contributed by atoms with Crippen molar-refractivity contribution in [3.05, 3.63) is 60.1 Å². The predicted octanol–water partition coefficient (Wildman–Crippen LogP) is 3.74. The first-order chi connectivity index (χ1) is 12.6. The lowest BCUT2D eigenvalue weighted by atomic mass is 10.2. The molecule has 3 heterocycles. The van der Waals surface area contributed by atoms with Gasteiger partial charge in [-0.2, -0.15) is 5.10 Å². The molecule has 0 radical (unpaired) electrons. The van der Waals surface area contributed by atoms with Crippen molar-refractivity contribution in [3.8, 4) is 5.75 Å². The summed E-state index contributed by atoms with van der Waals surface area (Å²) in [5.41, 5.74) is 1.70. The molecule has 0 atom stereocenters. The molecule has 26 heavy (non-hydrogen) atoms. The van der Waals surface area contributed by atoms with Crippen LogP contribution in [0.1, 0.15) is 17.3 Å². The van der Waals surface area contributed by atoms with Crippen molar-refractivity contribution in [1.82, 2.24) is 14.6 Å². The highest BCUT2D eigenvalue weighted by Crippen LogP contribution is 2.26. The normalized spacial score (nSPS) is 11.2. The van der Waals surface area contributed by atoms with Crippen molar-refractivity contribution in [1.29, 1.82) is 0 Å². The molecule has 0 aliphatic heterocycles. The third-order valence-corrected chi connectivity index (χ3v) is 4.02. The second kappa shape index (κ2) is 6.14. The van der Waals surface area contributed by atoms with Crippen molar-refractivity contribution < 1.29 is 18.3 Å². The molecular weight excluding hydrogens is 342 g/mol. The van der Waals surface area contributed by atoms with Crippen LogP contribution >= 0.6 is 0 Å². The molecule has 1 amide bonds. The minimum absolute atomic E-state index is 0.352. The summed E-state index contributed by atoms with van der Waals surface area (Å²) in [4.78, 5) is 15.4. The summed E-state index contributed by atoms with van der Waals surface area (Å²) < 4.78 is 33.8. The standard InChI is InChI=1S/C18H14F2N4O2/c1-2-26-10-3-4-17-12(7-22-24(17)9-10)18(25)23-16-8-21-15-6-14(20)13(19)5-11(15)16/h3-9,21H,2H2,1H3,(H,23,25). The van der Waals surface area contributed by atoms with E-state index < -0.39 is 17.5 Å². The molecule has 1 aromatic carbocycles. The second-order valence-electron chi connectivity index (χ2n) is 5.65. The number of amides is 1. The summed E-state index contributed by atoms with van der Waals surface area (Å²) in [7, 11) is 0. The van der Waals surface area contributed by atoms with Gasteiger partial charge in [0.25, 0.3) is 5.91 Å². The topological polar surface area (TPSA) is 71.4 Å². The molecule has 0 spiro atoms. The van der Waals surface area contributed by atoms with Gasteiger partial charge in [0.05, 0.1) is 41.3 Å². The van der Waals surface area contributed by atoms with Gasteiger partial charge in [0.15, 0.2) is 11.6 Å². The number of nitrogens with one attached hydrogen (secondary N) is 2. The van der Waals surface area contributed by atoms with Gasteiger partial charge in [-0.1, -0.05) is 0 Å². The fourth-order valence-electron chi connectivity index (χ4n) is 2.80. The zero-order chi connectivity index (χ0) is 18.3. The molecule has 4 rings (SSSR count). The van der Waals surface area contributed by atoms with Crippen LogP contribution in [-0.2, 0) is 0 Å². The molecule has 0 aliphatic carbocycles. The Labute approximate surface area is 146 Å². The SMILES string of the molecule is CCOc1ccc2c(C(=O)Nc3c[nH]c4cc(F)c(F)cc34)cnn2c1. The zero-order valence-electron chi connectivity index (χ0n) is 13.7. The van der Waals surface area contributed by atoms with Crippen LogP contribution in [0.3, 0.4) is 0 Å². The van der Waals surface area contributed by atoms with Gasteiger partial charge in [0, 0.05) is 17.6 Å². The van der Waals surface area contributed by atoms with E-state index >= 15 is 0 Å². The molecule has 0 aliphatic rings. The number of pyridine rings is 1. The summed E-state index contributed by atoms with van der Waals surface area (Å²) in [6.45, 7) is 2.40. The molecule has 0 fully saturated rings. The maximum Gasteiger partial charge on any atom is 0.259 e. The Morgan fingerprint density at radius 1 is 1.31 bits per heavy atom. The molecule has 0 saturated carbocycles. The monoisotopic (exact) mass is 356 g/mol. The number of carbonyl (C=O) groups is 1. The lowest BCUT2D eigenvalue weighted by molar-refractivity contribution is 0.102. The molecule has 2 N–H and O–H groups in total. The number of benzene rings is 1. The first-order valence-electron chi connectivity index (χ1n) is 7.94. The molecular formula is C18H14F2N4O2. The number of ether oxygens (including phenoxy) is 1. The molecule has 8 heteroatoms. The van der Waals surface area contributed by atoms with Gasteiger partial charge in [-0.15, -0.1) is 0 Å². The van der Waals surface area contributed by atoms with Gasteiger partial charge in [-0.05, 0) is 25.1 Å². The van der Waals surface area contributed by atoms with Gasteiger partial charge in [0.1, 0.15) is 5.75 Å². The van der Waals surface area contributed by atoms with Crippen molar-refractivity contribution >= 4 is 28.0 Å². The van der Waals surface area contributed by atoms with Crippen molar-refractivity contribution in [2.45, 2.75) is 6.92 Å². The molecule has 4 aromatic rings. The number of rotatable bonds is 4. The van der Waals surface area contributed by atoms with Gasteiger partial charge in [-0.25, -0.2) is 13.3 Å². The first-order valence-corrected chi connectivity index (χ1v) is 7.94. The predicted molar refractivity (Wildman–Crippen MR) is 92.5 cm³/mol. The van der Waals surface area contributed by atoms with Crippen LogP contribution in [0.5, 0.6) is 5.75 Å². The summed E-state index contributed by atoms with van der Waals surface area (Å²) >= 11 is 0. The van der Waals surface area contributed by atoms with Crippen LogP contribution in [0, 0.1) is 11.6 Å². The molecule has 0 saturated heterocycles. The molecule has 0 bridgehead atoms. The maximum atomic E-state index is 13.5. The van der Waals surface area contributed by atoms with E-state index in [0.29, 0.717) is 40.0 Å². The Morgan fingerprint density at radius 3 is 2.92 bits per heavy atom. The minimum Gasteiger partial charge on any atom is -0.492 e. The van der Waals surface area contributed by atoms with Crippen LogP contribution in [0.25, 0.3) is 16.4 Å². The van der Waals surface area contributed by atoms with Gasteiger partial charge >= 0.3 is 0 Å². The number of fused-ring (bicyclic) bond motifs is 2. The van der Waals surface area contributed by atoms with E-state index in [1.807, 2.05) is 6.92 Å². The molecule has 132 valence electrons. The smallest absolute Gasteiger partial charge is 0.259 e. The third-order valence-electron chi connectivity index (χ3n) is 4.02. The van der Waals surface area contributed by atoms with E-state index in [1.165, 1.54) is 12.4 Å². The van der Waals surface area contributed by atoms with E-state index in [0.717, 1.165) is 12.1 Å². The lowest BCUT2D eigenvalue weighted by Gasteiger charge is -2.05. The largest absolute Gasteiger partial charge is 0.492 e. The number of nitrogens with zero attached hydrogens (tertiary/aromatic N) is 2. The molecule has 6 nitrogen and oxygen atoms in total. The highest BCUT2D eigenvalue weighted by atomic mass is 19.2. The fraction of sp³-hybridized carbons (Fsp3) is 0.111.